The van der Waals surface area contributed by atoms with Crippen LogP contribution < -0.4 is 4.74 Å². The maximum absolute atomic E-state index is 12.6. The number of halogens is 1. The van der Waals surface area contributed by atoms with E-state index in [2.05, 4.69) is 0 Å². The molecule has 0 unspecified atom stereocenters. The van der Waals surface area contributed by atoms with Crippen LogP contribution in [0, 0.1) is 0 Å². The number of benzene rings is 2. The topological polar surface area (TPSA) is 80.8 Å². The predicted octanol–water partition coefficient (Wildman–Crippen LogP) is 2.20. The summed E-state index contributed by atoms with van der Waals surface area (Å²) in [4.78, 5) is 0.130. The molecule has 0 radical (unpaired) electrons. The van der Waals surface area contributed by atoms with Gasteiger partial charge in [0.25, 0.3) is 0 Å². The molecule has 1 aliphatic heterocycles. The van der Waals surface area contributed by atoms with Crippen molar-refractivity contribution in [3.05, 3.63) is 53.6 Å². The summed E-state index contributed by atoms with van der Waals surface area (Å²) in [7, 11) is -5.92. The van der Waals surface area contributed by atoms with Gasteiger partial charge in [-0.1, -0.05) is 23.7 Å². The Morgan fingerprint density at radius 2 is 1.60 bits per heavy atom. The number of rotatable bonds is 5. The molecule has 1 saturated heterocycles. The Kier molecular flexibility index (Phi) is 4.80. The van der Waals surface area contributed by atoms with E-state index < -0.39 is 25.1 Å². The van der Waals surface area contributed by atoms with Gasteiger partial charge in [-0.25, -0.2) is 16.8 Å². The monoisotopic (exact) mass is 401 g/mol. The fourth-order valence-corrected chi connectivity index (χ4v) is 6.41. The van der Waals surface area contributed by atoms with Gasteiger partial charge in [0.15, 0.2) is 9.84 Å². The van der Waals surface area contributed by atoms with Crippen LogP contribution in [0.3, 0.4) is 0 Å². The first-order valence-electron chi connectivity index (χ1n) is 7.39. The molecule has 3 rings (SSSR count). The second kappa shape index (κ2) is 6.60. The SMILES string of the molecule is COc1ccc(S(=O)(=O)C2CN(S(=O)(=O)c3ccccc3Cl)C2)cc1. The van der Waals surface area contributed by atoms with Crippen LogP contribution in [0.4, 0.5) is 0 Å². The molecule has 1 aliphatic rings. The normalized spacial score (nSPS) is 16.4. The molecule has 1 heterocycles. The molecule has 0 saturated carbocycles. The maximum Gasteiger partial charge on any atom is 0.244 e. The van der Waals surface area contributed by atoms with Gasteiger partial charge >= 0.3 is 0 Å². The summed E-state index contributed by atoms with van der Waals surface area (Å²) < 4.78 is 56.5. The number of sulfonamides is 1. The molecule has 2 aromatic rings. The molecule has 0 aliphatic carbocycles. The minimum Gasteiger partial charge on any atom is -0.497 e. The molecule has 134 valence electrons. The van der Waals surface area contributed by atoms with Crippen molar-refractivity contribution < 1.29 is 21.6 Å². The fraction of sp³-hybridized carbons (Fsp3) is 0.250. The standard InChI is InChI=1S/C16H16ClNO5S2/c1-23-12-6-8-13(9-7-12)24(19,20)14-10-18(11-14)25(21,22)16-5-3-2-4-15(16)17/h2-9,14H,10-11H2,1H3. The van der Waals surface area contributed by atoms with Gasteiger partial charge in [0, 0.05) is 13.1 Å². The summed E-state index contributed by atoms with van der Waals surface area (Å²) in [6.07, 6.45) is 0. The van der Waals surface area contributed by atoms with E-state index in [1.807, 2.05) is 0 Å². The van der Waals surface area contributed by atoms with E-state index >= 15 is 0 Å². The van der Waals surface area contributed by atoms with Crippen molar-refractivity contribution in [2.24, 2.45) is 0 Å². The lowest BCUT2D eigenvalue weighted by atomic mass is 10.3. The molecule has 9 heteroatoms. The van der Waals surface area contributed by atoms with E-state index in [0.717, 1.165) is 4.31 Å². The molecule has 0 atom stereocenters. The number of hydrogen-bond acceptors (Lipinski definition) is 5. The first kappa shape index (κ1) is 18.2. The van der Waals surface area contributed by atoms with E-state index in [4.69, 9.17) is 16.3 Å². The molecule has 0 bridgehead atoms. The van der Waals surface area contributed by atoms with Crippen molar-refractivity contribution >= 4 is 31.5 Å². The van der Waals surface area contributed by atoms with E-state index in [1.54, 1.807) is 24.3 Å². The smallest absolute Gasteiger partial charge is 0.244 e. The molecule has 1 fully saturated rings. The summed E-state index contributed by atoms with van der Waals surface area (Å²) in [6, 6.07) is 12.1. The zero-order valence-corrected chi connectivity index (χ0v) is 15.7. The van der Waals surface area contributed by atoms with Gasteiger partial charge in [-0.05, 0) is 36.4 Å². The van der Waals surface area contributed by atoms with Crippen LogP contribution in [-0.4, -0.2) is 46.6 Å². The quantitative estimate of drug-likeness (QED) is 0.767. The molecular weight excluding hydrogens is 386 g/mol. The zero-order chi connectivity index (χ0) is 18.2. The third-order valence-electron chi connectivity index (χ3n) is 4.10. The lowest BCUT2D eigenvalue weighted by Gasteiger charge is -2.37. The summed E-state index contributed by atoms with van der Waals surface area (Å²) in [5, 5.41) is -0.665. The third-order valence-corrected chi connectivity index (χ3v) is 8.53. The largest absolute Gasteiger partial charge is 0.497 e. The Balaban J connectivity index is 1.78. The summed E-state index contributed by atoms with van der Waals surface area (Å²) in [5.74, 6) is 0.551. The Morgan fingerprint density at radius 1 is 1.00 bits per heavy atom. The highest BCUT2D eigenvalue weighted by atomic mass is 35.5. The van der Waals surface area contributed by atoms with Crippen molar-refractivity contribution in [1.29, 1.82) is 0 Å². The average molecular weight is 402 g/mol. The van der Waals surface area contributed by atoms with Crippen LogP contribution in [0.5, 0.6) is 5.75 Å². The van der Waals surface area contributed by atoms with Crippen LogP contribution >= 0.6 is 11.6 Å². The lowest BCUT2D eigenvalue weighted by molar-refractivity contribution is 0.309. The molecular formula is C16H16ClNO5S2. The molecule has 0 amide bonds. The number of nitrogens with zero attached hydrogens (tertiary/aromatic N) is 1. The highest BCUT2D eigenvalue weighted by molar-refractivity contribution is 7.92. The molecule has 0 aromatic heterocycles. The van der Waals surface area contributed by atoms with Crippen LogP contribution in [0.15, 0.2) is 58.3 Å². The minimum absolute atomic E-state index is 0.0167. The van der Waals surface area contributed by atoms with Gasteiger partial charge in [-0.2, -0.15) is 4.31 Å². The van der Waals surface area contributed by atoms with Gasteiger partial charge in [0.1, 0.15) is 10.6 Å². The van der Waals surface area contributed by atoms with E-state index in [0.29, 0.717) is 5.75 Å². The first-order valence-corrected chi connectivity index (χ1v) is 10.8. The third kappa shape index (κ3) is 3.27. The van der Waals surface area contributed by atoms with Crippen LogP contribution in [0.25, 0.3) is 0 Å². The summed E-state index contributed by atoms with van der Waals surface area (Å²) in [6.45, 7) is -0.191. The zero-order valence-electron chi connectivity index (χ0n) is 13.3. The molecule has 0 N–H and O–H groups in total. The number of ether oxygens (including phenoxy) is 1. The fourth-order valence-electron chi connectivity index (χ4n) is 2.54. The van der Waals surface area contributed by atoms with E-state index in [9.17, 15) is 16.8 Å². The molecule has 2 aromatic carbocycles. The highest BCUT2D eigenvalue weighted by Gasteiger charge is 2.44. The maximum atomic E-state index is 12.6. The summed E-state index contributed by atoms with van der Waals surface area (Å²) in [5.41, 5.74) is 0. The van der Waals surface area contributed by atoms with Gasteiger partial charge in [-0.3, -0.25) is 0 Å². The van der Waals surface area contributed by atoms with Crippen molar-refractivity contribution in [3.63, 3.8) is 0 Å². The minimum atomic E-state index is -3.80. The molecule has 6 nitrogen and oxygen atoms in total. The van der Waals surface area contributed by atoms with E-state index in [-0.39, 0.29) is 27.9 Å². The summed E-state index contributed by atoms with van der Waals surface area (Å²) >= 11 is 5.95. The number of methoxy groups -OCH3 is 1. The van der Waals surface area contributed by atoms with Crippen molar-refractivity contribution in [2.75, 3.05) is 20.2 Å². The van der Waals surface area contributed by atoms with Gasteiger partial charge in [0.05, 0.1) is 22.3 Å². The number of sulfone groups is 1. The van der Waals surface area contributed by atoms with E-state index in [1.165, 1.54) is 31.4 Å². The van der Waals surface area contributed by atoms with Crippen LogP contribution in [0.2, 0.25) is 5.02 Å². The average Bonchev–Trinajstić information content (AvgIpc) is 2.53. The Morgan fingerprint density at radius 3 is 2.16 bits per heavy atom. The van der Waals surface area contributed by atoms with Crippen molar-refractivity contribution in [1.82, 2.24) is 4.31 Å². The highest BCUT2D eigenvalue weighted by Crippen LogP contribution is 2.31. The van der Waals surface area contributed by atoms with Gasteiger partial charge < -0.3 is 4.74 Å². The van der Waals surface area contributed by atoms with Gasteiger partial charge in [0.2, 0.25) is 10.0 Å². The van der Waals surface area contributed by atoms with Crippen LogP contribution in [-0.2, 0) is 19.9 Å². The second-order valence-corrected chi connectivity index (χ2v) is 10.1. The van der Waals surface area contributed by atoms with Crippen molar-refractivity contribution in [2.45, 2.75) is 15.0 Å². The number of hydrogen-bond donors (Lipinski definition) is 0. The van der Waals surface area contributed by atoms with Gasteiger partial charge in [-0.15, -0.1) is 0 Å². The first-order chi connectivity index (χ1) is 11.8. The predicted molar refractivity (Wildman–Crippen MR) is 94.2 cm³/mol. The lowest BCUT2D eigenvalue weighted by Crippen LogP contribution is -2.56. The van der Waals surface area contributed by atoms with Crippen molar-refractivity contribution in [3.8, 4) is 5.75 Å². The van der Waals surface area contributed by atoms with Crippen LogP contribution in [0.1, 0.15) is 0 Å². The Hall–Kier alpha value is -1.61. The Bertz CT molecular complexity index is 981. The molecule has 0 spiro atoms. The Labute approximate surface area is 152 Å². The second-order valence-electron chi connectivity index (χ2n) is 5.59. The molecule has 25 heavy (non-hydrogen) atoms.